The van der Waals surface area contributed by atoms with Crippen molar-refractivity contribution in [3.63, 3.8) is 0 Å². The third-order valence-electron chi connectivity index (χ3n) is 4.97. The van der Waals surface area contributed by atoms with E-state index >= 15 is 0 Å². The number of hydrogen-bond donors (Lipinski definition) is 1. The fraction of sp³-hybridized carbons (Fsp3) is 0.300. The van der Waals surface area contributed by atoms with Crippen molar-refractivity contribution >= 4 is 11.3 Å². The van der Waals surface area contributed by atoms with E-state index in [1.54, 1.807) is 11.3 Å². The first kappa shape index (κ1) is 18.9. The van der Waals surface area contributed by atoms with Gasteiger partial charge in [-0.3, -0.25) is 9.69 Å². The molecule has 4 nitrogen and oxygen atoms in total. The number of nitrogens with one attached hydrogen (secondary N) is 1. The Kier molecular flexibility index (Phi) is 4.84. The molecule has 1 N–H and O–H groups in total. The molecule has 8 heteroatoms. The quantitative estimate of drug-likeness (QED) is 0.703. The summed E-state index contributed by atoms with van der Waals surface area (Å²) in [6.07, 6.45) is -3.75. The van der Waals surface area contributed by atoms with Crippen LogP contribution in [0.3, 0.4) is 0 Å². The van der Waals surface area contributed by atoms with E-state index in [0.717, 1.165) is 30.9 Å². The van der Waals surface area contributed by atoms with E-state index in [4.69, 9.17) is 0 Å². The highest BCUT2D eigenvalue weighted by atomic mass is 32.1. The van der Waals surface area contributed by atoms with E-state index in [9.17, 15) is 18.0 Å². The third kappa shape index (κ3) is 3.74. The van der Waals surface area contributed by atoms with Crippen LogP contribution >= 0.6 is 11.3 Å². The summed E-state index contributed by atoms with van der Waals surface area (Å²) in [4.78, 5) is 23.4. The summed E-state index contributed by atoms with van der Waals surface area (Å²) in [6, 6.07) is 6.76. The van der Waals surface area contributed by atoms with Gasteiger partial charge >= 0.3 is 6.18 Å². The molecule has 0 radical (unpaired) electrons. The highest BCUT2D eigenvalue weighted by Gasteiger charge is 2.30. The Morgan fingerprint density at radius 3 is 2.61 bits per heavy atom. The second-order valence-electron chi connectivity index (χ2n) is 6.90. The largest absolute Gasteiger partial charge is 0.416 e. The van der Waals surface area contributed by atoms with E-state index < -0.39 is 11.7 Å². The molecule has 146 valence electrons. The number of H-pyrrole nitrogens is 1. The fourth-order valence-corrected chi connectivity index (χ4v) is 4.29. The van der Waals surface area contributed by atoms with Crippen LogP contribution < -0.4 is 5.56 Å². The molecule has 0 spiro atoms. The third-order valence-corrected chi connectivity index (χ3v) is 5.98. The summed E-state index contributed by atoms with van der Waals surface area (Å²) < 4.78 is 38.2. The lowest BCUT2D eigenvalue weighted by Gasteiger charge is -2.27. The maximum atomic E-state index is 12.7. The van der Waals surface area contributed by atoms with Crippen LogP contribution in [0.1, 0.15) is 27.3 Å². The Balaban J connectivity index is 1.58. The van der Waals surface area contributed by atoms with Crippen molar-refractivity contribution in [2.45, 2.75) is 32.6 Å². The van der Waals surface area contributed by atoms with Crippen molar-refractivity contribution in [3.05, 3.63) is 73.3 Å². The molecule has 0 aliphatic carbocycles. The first-order chi connectivity index (χ1) is 13.3. The molecule has 2 aromatic heterocycles. The summed E-state index contributed by atoms with van der Waals surface area (Å²) in [5, 5.41) is 2.06. The minimum Gasteiger partial charge on any atom is -0.306 e. The minimum atomic E-state index is -4.39. The zero-order valence-corrected chi connectivity index (χ0v) is 16.0. The summed E-state index contributed by atoms with van der Waals surface area (Å²) in [5.74, 6) is 0.306. The average molecular weight is 405 g/mol. The smallest absolute Gasteiger partial charge is 0.306 e. The number of aromatic amines is 1. The Bertz CT molecular complexity index is 1050. The zero-order valence-electron chi connectivity index (χ0n) is 15.1. The highest BCUT2D eigenvalue weighted by Crippen LogP contribution is 2.30. The maximum Gasteiger partial charge on any atom is 0.416 e. The normalized spacial score (nSPS) is 14.9. The first-order valence-electron chi connectivity index (χ1n) is 8.86. The van der Waals surface area contributed by atoms with Crippen molar-refractivity contribution in [2.24, 2.45) is 0 Å². The summed E-state index contributed by atoms with van der Waals surface area (Å²) in [6.45, 7) is 4.17. The molecule has 3 heterocycles. The number of hydrogen-bond acceptors (Lipinski definition) is 4. The SMILES string of the molecule is Cc1ccsc1CN1CCc2nc(-c3ccc(C(F)(F)F)cc3)[nH]c(=O)c2C1. The fourth-order valence-electron chi connectivity index (χ4n) is 3.34. The predicted octanol–water partition coefficient (Wildman–Crippen LogP) is 4.38. The van der Waals surface area contributed by atoms with Gasteiger partial charge in [-0.05, 0) is 36.1 Å². The standard InChI is InChI=1S/C20H18F3N3OS/c1-12-7-9-28-17(12)11-26-8-6-16-15(10-26)19(27)25-18(24-16)13-2-4-14(5-3-13)20(21,22)23/h2-5,7,9H,6,8,10-11H2,1H3,(H,24,25,27). The minimum absolute atomic E-state index is 0.229. The molecule has 28 heavy (non-hydrogen) atoms. The molecule has 1 aliphatic heterocycles. The van der Waals surface area contributed by atoms with Crippen LogP contribution in [0.5, 0.6) is 0 Å². The van der Waals surface area contributed by atoms with Gasteiger partial charge in [-0.15, -0.1) is 11.3 Å². The molecule has 0 amide bonds. The van der Waals surface area contributed by atoms with E-state index in [1.165, 1.54) is 22.6 Å². The van der Waals surface area contributed by atoms with Gasteiger partial charge in [-0.2, -0.15) is 13.2 Å². The monoisotopic (exact) mass is 405 g/mol. The van der Waals surface area contributed by atoms with Crippen LogP contribution in [0.4, 0.5) is 13.2 Å². The van der Waals surface area contributed by atoms with Crippen molar-refractivity contribution in [1.29, 1.82) is 0 Å². The average Bonchev–Trinajstić information content (AvgIpc) is 3.06. The number of thiophene rings is 1. The molecule has 0 bridgehead atoms. The Hall–Kier alpha value is -2.45. The second-order valence-corrected chi connectivity index (χ2v) is 7.90. The number of halogens is 3. The lowest BCUT2D eigenvalue weighted by Crippen LogP contribution is -2.35. The summed E-state index contributed by atoms with van der Waals surface area (Å²) in [7, 11) is 0. The Morgan fingerprint density at radius 2 is 1.96 bits per heavy atom. The molecule has 0 unspecified atom stereocenters. The van der Waals surface area contributed by atoms with Gasteiger partial charge < -0.3 is 4.98 Å². The number of aryl methyl sites for hydroxylation is 1. The Morgan fingerprint density at radius 1 is 1.21 bits per heavy atom. The first-order valence-corrected chi connectivity index (χ1v) is 9.74. The van der Waals surface area contributed by atoms with Crippen LogP contribution in [0.25, 0.3) is 11.4 Å². The molecule has 0 atom stereocenters. The van der Waals surface area contributed by atoms with E-state index in [2.05, 4.69) is 33.2 Å². The molecule has 3 aromatic rings. The van der Waals surface area contributed by atoms with Crippen LogP contribution in [0.2, 0.25) is 0 Å². The number of rotatable bonds is 3. The molecule has 0 fully saturated rings. The molecular formula is C20H18F3N3OS. The number of alkyl halides is 3. The van der Waals surface area contributed by atoms with Crippen molar-refractivity contribution < 1.29 is 13.2 Å². The predicted molar refractivity (Wildman–Crippen MR) is 102 cm³/mol. The molecule has 0 saturated carbocycles. The van der Waals surface area contributed by atoms with Gasteiger partial charge in [0.05, 0.1) is 16.8 Å². The van der Waals surface area contributed by atoms with Crippen LogP contribution in [-0.4, -0.2) is 21.4 Å². The van der Waals surface area contributed by atoms with Crippen LogP contribution in [0.15, 0.2) is 40.5 Å². The second kappa shape index (κ2) is 7.18. The van der Waals surface area contributed by atoms with E-state index in [-0.39, 0.29) is 5.56 Å². The van der Waals surface area contributed by atoms with Gasteiger partial charge in [0.25, 0.3) is 5.56 Å². The molecule has 4 rings (SSSR count). The number of benzene rings is 1. The lowest BCUT2D eigenvalue weighted by molar-refractivity contribution is -0.137. The number of nitrogens with zero attached hydrogens (tertiary/aromatic N) is 2. The highest BCUT2D eigenvalue weighted by molar-refractivity contribution is 7.10. The van der Waals surface area contributed by atoms with Gasteiger partial charge in [0.15, 0.2) is 0 Å². The van der Waals surface area contributed by atoms with Crippen molar-refractivity contribution in [1.82, 2.24) is 14.9 Å². The Labute approximate surface area is 163 Å². The van der Waals surface area contributed by atoms with E-state index in [1.807, 2.05) is 0 Å². The molecular weight excluding hydrogens is 387 g/mol. The van der Waals surface area contributed by atoms with Gasteiger partial charge in [0, 0.05) is 36.5 Å². The number of fused-ring (bicyclic) bond motifs is 1. The van der Waals surface area contributed by atoms with Crippen molar-refractivity contribution in [3.8, 4) is 11.4 Å². The molecule has 1 aromatic carbocycles. The summed E-state index contributed by atoms with van der Waals surface area (Å²) in [5.41, 5.74) is 2.11. The van der Waals surface area contributed by atoms with E-state index in [0.29, 0.717) is 29.9 Å². The molecule has 0 saturated heterocycles. The molecule has 1 aliphatic rings. The summed E-state index contributed by atoms with van der Waals surface area (Å²) >= 11 is 1.71. The number of aromatic nitrogens is 2. The topological polar surface area (TPSA) is 49.0 Å². The van der Waals surface area contributed by atoms with Gasteiger partial charge in [0.2, 0.25) is 0 Å². The zero-order chi connectivity index (χ0) is 19.9. The lowest BCUT2D eigenvalue weighted by atomic mass is 10.1. The maximum absolute atomic E-state index is 12.7. The van der Waals surface area contributed by atoms with Gasteiger partial charge in [-0.25, -0.2) is 4.98 Å². The van der Waals surface area contributed by atoms with Crippen LogP contribution in [-0.2, 0) is 25.7 Å². The van der Waals surface area contributed by atoms with Gasteiger partial charge in [0.1, 0.15) is 5.82 Å². The van der Waals surface area contributed by atoms with Crippen LogP contribution in [0, 0.1) is 6.92 Å². The van der Waals surface area contributed by atoms with Crippen molar-refractivity contribution in [2.75, 3.05) is 6.54 Å². The van der Waals surface area contributed by atoms with Gasteiger partial charge in [-0.1, -0.05) is 12.1 Å².